The summed E-state index contributed by atoms with van der Waals surface area (Å²) in [6.45, 7) is 1.88. The summed E-state index contributed by atoms with van der Waals surface area (Å²) < 4.78 is 5.25. The largest absolute Gasteiger partial charge is 0.467 e. The van der Waals surface area contributed by atoms with Crippen molar-refractivity contribution in [3.05, 3.63) is 24.2 Å². The van der Waals surface area contributed by atoms with Crippen molar-refractivity contribution in [1.29, 1.82) is 0 Å². The Hall–Kier alpha value is -1.33. The van der Waals surface area contributed by atoms with E-state index < -0.39 is 6.04 Å². The summed E-state index contributed by atoms with van der Waals surface area (Å²) in [4.78, 5) is 15.9. The van der Waals surface area contributed by atoms with Gasteiger partial charge in [-0.05, 0) is 25.6 Å². The van der Waals surface area contributed by atoms with Crippen molar-refractivity contribution in [2.75, 3.05) is 26.7 Å². The molecule has 1 aliphatic heterocycles. The van der Waals surface area contributed by atoms with Gasteiger partial charge in [-0.25, -0.2) is 0 Å². The lowest BCUT2D eigenvalue weighted by atomic mass is 10.2. The van der Waals surface area contributed by atoms with Crippen molar-refractivity contribution in [2.45, 2.75) is 19.0 Å². The van der Waals surface area contributed by atoms with Gasteiger partial charge >= 0.3 is 0 Å². The van der Waals surface area contributed by atoms with Gasteiger partial charge in [-0.3, -0.25) is 9.69 Å². The van der Waals surface area contributed by atoms with Gasteiger partial charge in [0, 0.05) is 13.1 Å². The van der Waals surface area contributed by atoms with Crippen LogP contribution in [0.4, 0.5) is 0 Å². The second kappa shape index (κ2) is 5.33. The lowest BCUT2D eigenvalue weighted by molar-refractivity contribution is -0.137. The number of amides is 1. The SMILES string of the molecule is CN1CCCN(Cc2ccco2)C(=O)C1CO. The number of carbonyl (C=O) groups excluding carboxylic acids is 1. The Kier molecular flexibility index (Phi) is 3.81. The monoisotopic (exact) mass is 238 g/mol. The van der Waals surface area contributed by atoms with E-state index in [9.17, 15) is 9.90 Å². The molecule has 1 unspecified atom stereocenters. The molecule has 1 saturated heterocycles. The molecule has 5 heteroatoms. The summed E-state index contributed by atoms with van der Waals surface area (Å²) in [5.74, 6) is 0.753. The zero-order valence-electron chi connectivity index (χ0n) is 10.0. The summed E-state index contributed by atoms with van der Waals surface area (Å²) in [5.41, 5.74) is 0. The molecule has 1 aromatic rings. The van der Waals surface area contributed by atoms with Crippen molar-refractivity contribution < 1.29 is 14.3 Å². The molecule has 5 nitrogen and oxygen atoms in total. The highest BCUT2D eigenvalue weighted by molar-refractivity contribution is 5.82. The van der Waals surface area contributed by atoms with E-state index in [1.165, 1.54) is 0 Å². The maximum atomic E-state index is 12.2. The van der Waals surface area contributed by atoms with Crippen molar-refractivity contribution in [3.8, 4) is 0 Å². The van der Waals surface area contributed by atoms with Gasteiger partial charge in [0.1, 0.15) is 11.8 Å². The number of rotatable bonds is 3. The third-order valence-corrected chi connectivity index (χ3v) is 3.17. The van der Waals surface area contributed by atoms with Crippen molar-refractivity contribution in [3.63, 3.8) is 0 Å². The second-order valence-corrected chi connectivity index (χ2v) is 4.37. The number of hydrogen-bond donors (Lipinski definition) is 1. The van der Waals surface area contributed by atoms with Crippen LogP contribution in [0.5, 0.6) is 0 Å². The number of furan rings is 1. The minimum absolute atomic E-state index is 0.0242. The summed E-state index contributed by atoms with van der Waals surface area (Å²) in [6, 6.07) is 3.25. The Labute approximate surface area is 101 Å². The Balaban J connectivity index is 2.08. The summed E-state index contributed by atoms with van der Waals surface area (Å²) in [5, 5.41) is 9.29. The van der Waals surface area contributed by atoms with E-state index in [0.29, 0.717) is 13.1 Å². The summed E-state index contributed by atoms with van der Waals surface area (Å²) in [7, 11) is 1.87. The molecule has 0 saturated carbocycles. The molecular formula is C12H18N2O3. The lowest BCUT2D eigenvalue weighted by Gasteiger charge is -2.26. The molecule has 1 aromatic heterocycles. The van der Waals surface area contributed by atoms with Crippen LogP contribution in [0.15, 0.2) is 22.8 Å². The van der Waals surface area contributed by atoms with Gasteiger partial charge in [0.25, 0.3) is 0 Å². The number of likely N-dealkylation sites (N-methyl/N-ethyl adjacent to an activating group) is 1. The Morgan fingerprint density at radius 1 is 1.53 bits per heavy atom. The number of hydrogen-bond acceptors (Lipinski definition) is 4. The van der Waals surface area contributed by atoms with Crippen molar-refractivity contribution in [2.24, 2.45) is 0 Å². The quantitative estimate of drug-likeness (QED) is 0.823. The van der Waals surface area contributed by atoms with Gasteiger partial charge in [-0.2, -0.15) is 0 Å². The molecule has 0 spiro atoms. The summed E-state index contributed by atoms with van der Waals surface area (Å²) in [6.07, 6.45) is 2.52. The standard InChI is InChI=1S/C12H18N2O3/c1-13-5-3-6-14(12(16)11(13)9-15)8-10-4-2-7-17-10/h2,4,7,11,15H,3,5-6,8-9H2,1H3. The summed E-state index contributed by atoms with van der Waals surface area (Å²) >= 11 is 0. The third kappa shape index (κ3) is 2.68. The number of nitrogens with zero attached hydrogens (tertiary/aromatic N) is 2. The molecule has 2 rings (SSSR count). The molecule has 0 bridgehead atoms. The first-order chi connectivity index (χ1) is 8.22. The molecule has 0 radical (unpaired) electrons. The third-order valence-electron chi connectivity index (χ3n) is 3.17. The average molecular weight is 238 g/mol. The fourth-order valence-corrected chi connectivity index (χ4v) is 2.14. The maximum absolute atomic E-state index is 12.2. The van der Waals surface area contributed by atoms with Crippen LogP contribution in [0.25, 0.3) is 0 Å². The van der Waals surface area contributed by atoms with Crippen LogP contribution >= 0.6 is 0 Å². The zero-order chi connectivity index (χ0) is 12.3. The fraction of sp³-hybridized carbons (Fsp3) is 0.583. The van der Waals surface area contributed by atoms with E-state index in [4.69, 9.17) is 4.42 Å². The van der Waals surface area contributed by atoms with Crippen LogP contribution in [0, 0.1) is 0 Å². The van der Waals surface area contributed by atoms with Crippen LogP contribution in [-0.4, -0.2) is 53.6 Å². The van der Waals surface area contributed by atoms with Gasteiger partial charge < -0.3 is 14.4 Å². The van der Waals surface area contributed by atoms with Gasteiger partial charge in [0.2, 0.25) is 5.91 Å². The molecule has 2 heterocycles. The number of aliphatic hydroxyl groups is 1. The zero-order valence-corrected chi connectivity index (χ0v) is 10.0. The molecule has 1 fully saturated rings. The normalized spacial score (nSPS) is 22.8. The van der Waals surface area contributed by atoms with Gasteiger partial charge in [-0.1, -0.05) is 0 Å². The first-order valence-electron chi connectivity index (χ1n) is 5.84. The Bertz CT molecular complexity index is 364. The minimum Gasteiger partial charge on any atom is -0.467 e. The predicted octanol–water partition coefficient (Wildman–Crippen LogP) is 0.305. The Morgan fingerprint density at radius 3 is 3.00 bits per heavy atom. The topological polar surface area (TPSA) is 56.9 Å². The molecule has 17 heavy (non-hydrogen) atoms. The van der Waals surface area contributed by atoms with Gasteiger partial charge in [0.05, 0.1) is 19.4 Å². The molecule has 1 N–H and O–H groups in total. The highest BCUT2D eigenvalue weighted by Gasteiger charge is 2.30. The van der Waals surface area contributed by atoms with E-state index in [0.717, 1.165) is 18.7 Å². The van der Waals surface area contributed by atoms with E-state index in [1.807, 2.05) is 24.1 Å². The number of carbonyl (C=O) groups is 1. The van der Waals surface area contributed by atoms with E-state index in [2.05, 4.69) is 0 Å². The molecule has 1 amide bonds. The van der Waals surface area contributed by atoms with Gasteiger partial charge in [-0.15, -0.1) is 0 Å². The predicted molar refractivity (Wildman–Crippen MR) is 62.2 cm³/mol. The molecule has 0 aliphatic carbocycles. The van der Waals surface area contributed by atoms with E-state index in [-0.39, 0.29) is 12.5 Å². The minimum atomic E-state index is -0.424. The van der Waals surface area contributed by atoms with E-state index in [1.54, 1.807) is 11.2 Å². The van der Waals surface area contributed by atoms with E-state index >= 15 is 0 Å². The lowest BCUT2D eigenvalue weighted by Crippen LogP contribution is -2.46. The van der Waals surface area contributed by atoms with Crippen LogP contribution in [0.2, 0.25) is 0 Å². The highest BCUT2D eigenvalue weighted by Crippen LogP contribution is 2.13. The van der Waals surface area contributed by atoms with Crippen LogP contribution in [0.1, 0.15) is 12.2 Å². The highest BCUT2D eigenvalue weighted by atomic mass is 16.3. The molecule has 94 valence electrons. The van der Waals surface area contributed by atoms with Crippen LogP contribution < -0.4 is 0 Å². The maximum Gasteiger partial charge on any atom is 0.242 e. The molecule has 1 aliphatic rings. The fourth-order valence-electron chi connectivity index (χ4n) is 2.14. The van der Waals surface area contributed by atoms with Crippen LogP contribution in [-0.2, 0) is 11.3 Å². The first-order valence-corrected chi connectivity index (χ1v) is 5.84. The smallest absolute Gasteiger partial charge is 0.242 e. The second-order valence-electron chi connectivity index (χ2n) is 4.37. The molecule has 1 atom stereocenters. The van der Waals surface area contributed by atoms with Crippen LogP contribution in [0.3, 0.4) is 0 Å². The average Bonchev–Trinajstić information content (AvgIpc) is 2.76. The number of aliphatic hydroxyl groups excluding tert-OH is 1. The van der Waals surface area contributed by atoms with Gasteiger partial charge in [0.15, 0.2) is 0 Å². The molecule has 0 aromatic carbocycles. The Morgan fingerprint density at radius 2 is 2.35 bits per heavy atom. The molecular weight excluding hydrogens is 220 g/mol. The van der Waals surface area contributed by atoms with Crippen molar-refractivity contribution in [1.82, 2.24) is 9.80 Å². The van der Waals surface area contributed by atoms with Crippen molar-refractivity contribution >= 4 is 5.91 Å². The first kappa shape index (κ1) is 12.1.